The molecule has 0 rings (SSSR count). The lowest BCUT2D eigenvalue weighted by Crippen LogP contribution is -2.30. The fraction of sp³-hybridized carbons (Fsp3) is 0.857. The monoisotopic (exact) mass is 192 g/mol. The first-order valence-electron chi connectivity index (χ1n) is 3.82. The Labute approximate surface area is 78.3 Å². The van der Waals surface area contributed by atoms with E-state index >= 15 is 0 Å². The van der Waals surface area contributed by atoms with E-state index in [9.17, 15) is 4.79 Å². The third kappa shape index (κ3) is 7.68. The maximum Gasteiger partial charge on any atom is 0.404 e. The number of carboxylic acid groups (broad SMARTS) is 1. The van der Waals surface area contributed by atoms with Crippen LogP contribution < -0.4 is 5.32 Å². The Morgan fingerprint density at radius 3 is 2.67 bits per heavy atom. The standard InChI is InChI=1S/C7H16N2O2S/c1-9(2)4-3-6(12)5-8-7(10)11/h6,8,12H,3-5H2,1-2H3,(H,10,11). The number of thiol groups is 1. The normalized spacial score (nSPS) is 13.0. The summed E-state index contributed by atoms with van der Waals surface area (Å²) in [5.74, 6) is 0. The van der Waals surface area contributed by atoms with Crippen molar-refractivity contribution < 1.29 is 9.90 Å². The van der Waals surface area contributed by atoms with Gasteiger partial charge in [0.1, 0.15) is 0 Å². The highest BCUT2D eigenvalue weighted by molar-refractivity contribution is 7.81. The maximum absolute atomic E-state index is 10.1. The first-order chi connectivity index (χ1) is 5.52. The van der Waals surface area contributed by atoms with Gasteiger partial charge >= 0.3 is 6.09 Å². The van der Waals surface area contributed by atoms with Crippen LogP contribution in [0.2, 0.25) is 0 Å². The van der Waals surface area contributed by atoms with E-state index in [-0.39, 0.29) is 5.25 Å². The molecular weight excluding hydrogens is 176 g/mol. The van der Waals surface area contributed by atoms with Gasteiger partial charge in [0.2, 0.25) is 0 Å². The zero-order valence-electron chi connectivity index (χ0n) is 7.45. The molecule has 0 bridgehead atoms. The second-order valence-electron chi connectivity index (χ2n) is 2.93. The third-order valence-corrected chi connectivity index (χ3v) is 1.84. The molecule has 2 N–H and O–H groups in total. The molecule has 0 aliphatic carbocycles. The van der Waals surface area contributed by atoms with Crippen molar-refractivity contribution in [2.45, 2.75) is 11.7 Å². The SMILES string of the molecule is CN(C)CCC(S)CNC(=O)O. The number of hydrogen-bond donors (Lipinski definition) is 3. The van der Waals surface area contributed by atoms with Crippen molar-refractivity contribution in [3.8, 4) is 0 Å². The van der Waals surface area contributed by atoms with E-state index in [4.69, 9.17) is 5.11 Å². The molecule has 0 fully saturated rings. The van der Waals surface area contributed by atoms with Crippen LogP contribution in [0.4, 0.5) is 4.79 Å². The van der Waals surface area contributed by atoms with Crippen molar-refractivity contribution in [2.24, 2.45) is 0 Å². The molecule has 0 aliphatic heterocycles. The summed E-state index contributed by atoms with van der Waals surface area (Å²) in [6.07, 6.45) is -0.102. The molecule has 0 spiro atoms. The van der Waals surface area contributed by atoms with Gasteiger partial charge in [0.25, 0.3) is 0 Å². The number of nitrogens with zero attached hydrogens (tertiary/aromatic N) is 1. The van der Waals surface area contributed by atoms with E-state index in [1.165, 1.54) is 0 Å². The molecule has 5 heteroatoms. The molecule has 1 amide bonds. The van der Waals surface area contributed by atoms with Crippen molar-refractivity contribution in [1.29, 1.82) is 0 Å². The molecule has 0 aromatic carbocycles. The summed E-state index contributed by atoms with van der Waals surface area (Å²) in [5, 5.41) is 10.7. The molecule has 1 atom stereocenters. The Hall–Kier alpha value is -0.420. The van der Waals surface area contributed by atoms with E-state index < -0.39 is 6.09 Å². The van der Waals surface area contributed by atoms with E-state index in [1.807, 2.05) is 19.0 Å². The summed E-state index contributed by atoms with van der Waals surface area (Å²) < 4.78 is 0. The second-order valence-corrected chi connectivity index (χ2v) is 3.66. The highest BCUT2D eigenvalue weighted by atomic mass is 32.1. The predicted octanol–water partition coefficient (Wildman–Crippen LogP) is 0.504. The minimum absolute atomic E-state index is 0.100. The first-order valence-corrected chi connectivity index (χ1v) is 4.33. The van der Waals surface area contributed by atoms with Crippen LogP contribution in [0, 0.1) is 0 Å². The molecule has 0 saturated heterocycles. The Balaban J connectivity index is 3.33. The van der Waals surface area contributed by atoms with Gasteiger partial charge in [-0.05, 0) is 27.1 Å². The summed E-state index contributed by atoms with van der Waals surface area (Å²) in [5.41, 5.74) is 0. The van der Waals surface area contributed by atoms with Crippen LogP contribution >= 0.6 is 12.6 Å². The number of carbonyl (C=O) groups is 1. The molecule has 0 heterocycles. The van der Waals surface area contributed by atoms with Gasteiger partial charge in [0, 0.05) is 11.8 Å². The van der Waals surface area contributed by atoms with E-state index in [1.54, 1.807) is 0 Å². The zero-order valence-corrected chi connectivity index (χ0v) is 8.34. The topological polar surface area (TPSA) is 52.6 Å². The fourth-order valence-electron chi connectivity index (χ4n) is 0.714. The predicted molar refractivity (Wildman–Crippen MR) is 52.0 cm³/mol. The summed E-state index contributed by atoms with van der Waals surface area (Å²) >= 11 is 4.23. The van der Waals surface area contributed by atoms with E-state index in [0.29, 0.717) is 6.54 Å². The number of nitrogens with one attached hydrogen (secondary N) is 1. The molecule has 72 valence electrons. The Kier molecular flexibility index (Phi) is 5.92. The lowest BCUT2D eigenvalue weighted by atomic mass is 10.3. The van der Waals surface area contributed by atoms with Crippen LogP contribution in [0.15, 0.2) is 0 Å². The van der Waals surface area contributed by atoms with Crippen LogP contribution in [-0.4, -0.2) is 48.5 Å². The van der Waals surface area contributed by atoms with E-state index in [2.05, 4.69) is 17.9 Å². The minimum atomic E-state index is -0.987. The Morgan fingerprint density at radius 2 is 2.25 bits per heavy atom. The van der Waals surface area contributed by atoms with Crippen LogP contribution in [0.1, 0.15) is 6.42 Å². The van der Waals surface area contributed by atoms with Gasteiger partial charge < -0.3 is 15.3 Å². The van der Waals surface area contributed by atoms with Crippen molar-refractivity contribution in [1.82, 2.24) is 10.2 Å². The van der Waals surface area contributed by atoms with Gasteiger partial charge in [0.05, 0.1) is 0 Å². The molecular formula is C7H16N2O2S. The highest BCUT2D eigenvalue weighted by Crippen LogP contribution is 1.99. The van der Waals surface area contributed by atoms with Gasteiger partial charge in [-0.3, -0.25) is 0 Å². The van der Waals surface area contributed by atoms with Crippen LogP contribution in [0.25, 0.3) is 0 Å². The Bertz CT molecular complexity index is 141. The molecule has 0 aliphatic rings. The average molecular weight is 192 g/mol. The van der Waals surface area contributed by atoms with E-state index in [0.717, 1.165) is 13.0 Å². The van der Waals surface area contributed by atoms with Crippen molar-refractivity contribution >= 4 is 18.7 Å². The van der Waals surface area contributed by atoms with Gasteiger partial charge in [-0.1, -0.05) is 0 Å². The molecule has 0 aromatic rings. The number of hydrogen-bond acceptors (Lipinski definition) is 3. The second kappa shape index (κ2) is 6.14. The maximum atomic E-state index is 10.1. The van der Waals surface area contributed by atoms with Crippen molar-refractivity contribution in [3.05, 3.63) is 0 Å². The zero-order chi connectivity index (χ0) is 9.56. The van der Waals surface area contributed by atoms with Crippen LogP contribution in [0.3, 0.4) is 0 Å². The molecule has 4 nitrogen and oxygen atoms in total. The Morgan fingerprint density at radius 1 is 1.67 bits per heavy atom. The van der Waals surface area contributed by atoms with Gasteiger partial charge in [-0.15, -0.1) is 0 Å². The molecule has 1 unspecified atom stereocenters. The van der Waals surface area contributed by atoms with Crippen LogP contribution in [0.5, 0.6) is 0 Å². The van der Waals surface area contributed by atoms with Crippen molar-refractivity contribution in [2.75, 3.05) is 27.2 Å². The third-order valence-electron chi connectivity index (χ3n) is 1.40. The molecule has 0 radical (unpaired) electrons. The lowest BCUT2D eigenvalue weighted by Gasteiger charge is -2.13. The van der Waals surface area contributed by atoms with Crippen LogP contribution in [-0.2, 0) is 0 Å². The van der Waals surface area contributed by atoms with Gasteiger partial charge in [0.15, 0.2) is 0 Å². The first kappa shape index (κ1) is 11.6. The largest absolute Gasteiger partial charge is 0.465 e. The molecule has 12 heavy (non-hydrogen) atoms. The quantitative estimate of drug-likeness (QED) is 0.556. The summed E-state index contributed by atoms with van der Waals surface area (Å²) in [6.45, 7) is 1.34. The summed E-state index contributed by atoms with van der Waals surface area (Å²) in [7, 11) is 3.95. The average Bonchev–Trinajstić information content (AvgIpc) is 1.96. The number of rotatable bonds is 5. The minimum Gasteiger partial charge on any atom is -0.465 e. The van der Waals surface area contributed by atoms with Gasteiger partial charge in [-0.25, -0.2) is 4.79 Å². The van der Waals surface area contributed by atoms with Crippen molar-refractivity contribution in [3.63, 3.8) is 0 Å². The molecule has 0 saturated carbocycles. The van der Waals surface area contributed by atoms with Gasteiger partial charge in [-0.2, -0.15) is 12.6 Å². The summed E-state index contributed by atoms with van der Waals surface area (Å²) in [4.78, 5) is 12.1. The molecule has 0 aromatic heterocycles. The smallest absolute Gasteiger partial charge is 0.404 e. The number of amides is 1. The highest BCUT2D eigenvalue weighted by Gasteiger charge is 2.04. The fourth-order valence-corrected chi connectivity index (χ4v) is 0.921. The summed E-state index contributed by atoms with van der Waals surface area (Å²) in [6, 6.07) is 0. The lowest BCUT2D eigenvalue weighted by molar-refractivity contribution is 0.194.